The Balaban J connectivity index is 0.00000112. The van der Waals surface area contributed by atoms with E-state index < -0.39 is 5.97 Å². The first-order valence-electron chi connectivity index (χ1n) is 13.7. The Morgan fingerprint density at radius 3 is 2.49 bits per heavy atom. The van der Waals surface area contributed by atoms with E-state index in [4.69, 9.17) is 9.47 Å². The zero-order valence-corrected chi connectivity index (χ0v) is 24.4. The van der Waals surface area contributed by atoms with Crippen LogP contribution in [0, 0.1) is 19.8 Å². The molecule has 0 aromatic heterocycles. The zero-order chi connectivity index (χ0) is 27.9. The number of carboxylic acids is 1. The maximum atomic E-state index is 11.3. The highest BCUT2D eigenvalue weighted by molar-refractivity contribution is 7.98. The van der Waals surface area contributed by atoms with E-state index in [0.29, 0.717) is 18.4 Å². The lowest BCUT2D eigenvalue weighted by Crippen LogP contribution is -2.06. The fourth-order valence-corrected chi connectivity index (χ4v) is 6.24. The minimum Gasteiger partial charge on any atom is -0.494 e. The van der Waals surface area contributed by atoms with Gasteiger partial charge < -0.3 is 14.6 Å². The Morgan fingerprint density at radius 2 is 1.79 bits per heavy atom. The summed E-state index contributed by atoms with van der Waals surface area (Å²) in [6.45, 7) is 10.8. The summed E-state index contributed by atoms with van der Waals surface area (Å²) in [7, 11) is 0. The number of fused-ring (bicyclic) bond motifs is 3. The molecule has 3 unspecified atom stereocenters. The van der Waals surface area contributed by atoms with E-state index >= 15 is 0 Å². The predicted molar refractivity (Wildman–Crippen MR) is 162 cm³/mol. The SMILES string of the molecule is C=CC.CSCCCOc1cc(C)c(-c2cccc(COc3ccc4c(c3)C3CC3C4CC(=O)O)c2)c(C)c1. The van der Waals surface area contributed by atoms with Crippen molar-refractivity contribution in [2.75, 3.05) is 18.6 Å². The average Bonchev–Trinajstić information content (AvgIpc) is 3.64. The topological polar surface area (TPSA) is 55.8 Å². The number of hydrogen-bond donors (Lipinski definition) is 1. The van der Waals surface area contributed by atoms with Crippen LogP contribution in [0.5, 0.6) is 11.5 Å². The van der Waals surface area contributed by atoms with E-state index in [1.165, 1.54) is 33.4 Å². The van der Waals surface area contributed by atoms with Crippen LogP contribution >= 0.6 is 11.8 Å². The lowest BCUT2D eigenvalue weighted by Gasteiger charge is -2.16. The highest BCUT2D eigenvalue weighted by Gasteiger charge is 2.52. The predicted octanol–water partition coefficient (Wildman–Crippen LogP) is 8.55. The van der Waals surface area contributed by atoms with E-state index in [0.717, 1.165) is 42.3 Å². The van der Waals surface area contributed by atoms with Gasteiger partial charge in [0.25, 0.3) is 0 Å². The molecule has 1 N–H and O–H groups in total. The van der Waals surface area contributed by atoms with Gasteiger partial charge in [0.2, 0.25) is 0 Å². The molecule has 3 aromatic carbocycles. The van der Waals surface area contributed by atoms with Crippen molar-refractivity contribution in [2.45, 2.75) is 58.5 Å². The van der Waals surface area contributed by atoms with Gasteiger partial charge in [-0.1, -0.05) is 30.3 Å². The summed E-state index contributed by atoms with van der Waals surface area (Å²) in [5, 5.41) is 9.27. The molecule has 2 aliphatic carbocycles. The summed E-state index contributed by atoms with van der Waals surface area (Å²) in [6.07, 6.45) is 6.26. The average molecular weight is 545 g/mol. The first-order chi connectivity index (χ1) is 18.9. The number of thioether (sulfide) groups is 1. The molecule has 39 heavy (non-hydrogen) atoms. The van der Waals surface area contributed by atoms with Gasteiger partial charge in [-0.25, -0.2) is 0 Å². The van der Waals surface area contributed by atoms with E-state index in [-0.39, 0.29) is 12.3 Å². The van der Waals surface area contributed by atoms with Crippen LogP contribution in [0.2, 0.25) is 0 Å². The van der Waals surface area contributed by atoms with Crippen LogP contribution in [0.15, 0.2) is 67.3 Å². The monoisotopic (exact) mass is 544 g/mol. The molecule has 0 spiro atoms. The second-order valence-electron chi connectivity index (χ2n) is 10.5. The van der Waals surface area contributed by atoms with Gasteiger partial charge in [-0.2, -0.15) is 11.8 Å². The second kappa shape index (κ2) is 13.3. The van der Waals surface area contributed by atoms with Gasteiger partial charge in [0, 0.05) is 0 Å². The second-order valence-corrected chi connectivity index (χ2v) is 11.5. The van der Waals surface area contributed by atoms with Crippen molar-refractivity contribution >= 4 is 17.7 Å². The smallest absolute Gasteiger partial charge is 0.303 e. The van der Waals surface area contributed by atoms with Crippen LogP contribution in [-0.4, -0.2) is 29.7 Å². The maximum Gasteiger partial charge on any atom is 0.303 e. The minimum absolute atomic E-state index is 0.159. The largest absolute Gasteiger partial charge is 0.494 e. The number of hydrogen-bond acceptors (Lipinski definition) is 4. The molecular formula is C34H40O4S. The first-order valence-corrected chi connectivity index (χ1v) is 15.1. The van der Waals surface area contributed by atoms with Gasteiger partial charge in [-0.3, -0.25) is 4.79 Å². The van der Waals surface area contributed by atoms with Crippen LogP contribution in [-0.2, 0) is 11.4 Å². The first kappa shape index (κ1) is 28.8. The number of allylic oxidation sites excluding steroid dienone is 1. The van der Waals surface area contributed by atoms with Crippen LogP contribution in [0.25, 0.3) is 11.1 Å². The summed E-state index contributed by atoms with van der Waals surface area (Å²) in [5.74, 6) is 3.37. The molecule has 0 aliphatic heterocycles. The van der Waals surface area contributed by atoms with Crippen LogP contribution < -0.4 is 9.47 Å². The Labute approximate surface area is 237 Å². The molecule has 1 saturated carbocycles. The van der Waals surface area contributed by atoms with Crippen LogP contribution in [0.1, 0.15) is 65.8 Å². The van der Waals surface area contributed by atoms with Crippen molar-refractivity contribution in [1.29, 1.82) is 0 Å². The molecule has 2 aliphatic rings. The van der Waals surface area contributed by atoms with Gasteiger partial charge in [-0.05, 0) is 133 Å². The van der Waals surface area contributed by atoms with Crippen LogP contribution in [0.4, 0.5) is 0 Å². The summed E-state index contributed by atoms with van der Waals surface area (Å²) >= 11 is 1.85. The highest BCUT2D eigenvalue weighted by Crippen LogP contribution is 2.64. The summed E-state index contributed by atoms with van der Waals surface area (Å²) in [6, 6.07) is 19.0. The Hall–Kier alpha value is -3.18. The normalized spacial score (nSPS) is 18.3. The van der Waals surface area contributed by atoms with Gasteiger partial charge in [-0.15, -0.1) is 6.58 Å². The number of ether oxygens (including phenoxy) is 2. The fraction of sp³-hybridized carbons (Fsp3) is 0.382. The van der Waals surface area contributed by atoms with E-state index in [9.17, 15) is 9.90 Å². The molecule has 3 atom stereocenters. The van der Waals surface area contributed by atoms with E-state index in [1.807, 2.05) is 24.8 Å². The third-order valence-electron chi connectivity index (χ3n) is 7.50. The van der Waals surface area contributed by atoms with Crippen LogP contribution in [0.3, 0.4) is 0 Å². The molecule has 0 bridgehead atoms. The molecule has 3 aromatic rings. The molecule has 0 heterocycles. The summed E-state index contributed by atoms with van der Waals surface area (Å²) in [5.41, 5.74) is 8.47. The number of aryl methyl sites for hydroxylation is 2. The third-order valence-corrected chi connectivity index (χ3v) is 8.19. The molecule has 5 heteroatoms. The molecule has 206 valence electrons. The van der Waals surface area contributed by atoms with Crippen molar-refractivity contribution in [1.82, 2.24) is 0 Å². The standard InChI is InChI=1S/C31H34O4S.C3H6/c1-19-12-24(34-10-5-11-36-3)13-20(2)31(19)22-7-4-6-21(14-22)18-35-23-8-9-25-26(15-23)27-16-28(27)29(25)17-30(32)33;1-3-2/h4,6-9,12-15,27-29H,5,10-11,16-18H2,1-3H3,(H,32,33);3H,1H2,2H3. The third kappa shape index (κ3) is 7.07. The molecular weight excluding hydrogens is 504 g/mol. The zero-order valence-electron chi connectivity index (χ0n) is 23.5. The van der Waals surface area contributed by atoms with Gasteiger partial charge in [0.1, 0.15) is 18.1 Å². The molecule has 5 rings (SSSR count). The molecule has 0 amide bonds. The van der Waals surface area contributed by atoms with Crippen molar-refractivity contribution in [3.05, 3.63) is 95.1 Å². The molecule has 1 fully saturated rings. The molecule has 0 saturated heterocycles. The quantitative estimate of drug-likeness (QED) is 0.194. The number of rotatable bonds is 11. The minimum atomic E-state index is -0.711. The summed E-state index contributed by atoms with van der Waals surface area (Å²) < 4.78 is 12.2. The van der Waals surface area contributed by atoms with Crippen molar-refractivity contribution in [2.24, 2.45) is 5.92 Å². The Kier molecular flexibility index (Phi) is 9.79. The Bertz CT molecular complexity index is 1290. The fourth-order valence-electron chi connectivity index (χ4n) is 5.84. The van der Waals surface area contributed by atoms with Crippen molar-refractivity contribution in [3.8, 4) is 22.6 Å². The molecule has 4 nitrogen and oxygen atoms in total. The lowest BCUT2D eigenvalue weighted by molar-refractivity contribution is -0.137. The maximum absolute atomic E-state index is 11.3. The van der Waals surface area contributed by atoms with E-state index in [1.54, 1.807) is 6.08 Å². The Morgan fingerprint density at radius 1 is 1.05 bits per heavy atom. The number of carbonyl (C=O) groups is 1. The summed E-state index contributed by atoms with van der Waals surface area (Å²) in [4.78, 5) is 11.3. The van der Waals surface area contributed by atoms with Gasteiger partial charge >= 0.3 is 5.97 Å². The van der Waals surface area contributed by atoms with E-state index in [2.05, 4.69) is 75.2 Å². The number of aliphatic carboxylic acids is 1. The highest BCUT2D eigenvalue weighted by atomic mass is 32.2. The van der Waals surface area contributed by atoms with Crippen molar-refractivity contribution < 1.29 is 19.4 Å². The van der Waals surface area contributed by atoms with Crippen molar-refractivity contribution in [3.63, 3.8) is 0 Å². The number of carboxylic acid groups (broad SMARTS) is 1. The number of benzene rings is 3. The lowest BCUT2D eigenvalue weighted by atomic mass is 9.93. The van der Waals surface area contributed by atoms with Gasteiger partial charge in [0.15, 0.2) is 0 Å². The molecule has 0 radical (unpaired) electrons. The van der Waals surface area contributed by atoms with Gasteiger partial charge in [0.05, 0.1) is 13.0 Å².